The Labute approximate surface area is 163 Å². The number of rotatable bonds is 2. The first-order valence-electron chi connectivity index (χ1n) is 10.4. The van der Waals surface area contributed by atoms with E-state index in [0.717, 1.165) is 0 Å². The second kappa shape index (κ2) is 6.37. The molecule has 27 heavy (non-hydrogen) atoms. The summed E-state index contributed by atoms with van der Waals surface area (Å²) in [5.41, 5.74) is 9.41. The minimum atomic E-state index is 0.117. The summed E-state index contributed by atoms with van der Waals surface area (Å²) in [5, 5.41) is 0. The summed E-state index contributed by atoms with van der Waals surface area (Å²) in [5.74, 6) is 1.26. The maximum Gasteiger partial charge on any atom is 0.0155 e. The van der Waals surface area contributed by atoms with Crippen LogP contribution in [0.15, 0.2) is 89.6 Å². The summed E-state index contributed by atoms with van der Waals surface area (Å²) in [4.78, 5) is 0. The third kappa shape index (κ3) is 2.65. The van der Waals surface area contributed by atoms with Crippen LogP contribution in [0.4, 0.5) is 0 Å². The quantitative estimate of drug-likeness (QED) is 0.533. The van der Waals surface area contributed by atoms with Crippen molar-refractivity contribution in [2.75, 3.05) is 0 Å². The van der Waals surface area contributed by atoms with Crippen molar-refractivity contribution in [3.8, 4) is 0 Å². The molecule has 0 aromatic heterocycles. The molecule has 136 valence electrons. The number of allylic oxidation sites excluding steroid dienone is 12. The summed E-state index contributed by atoms with van der Waals surface area (Å²) in [6, 6.07) is 9.03. The van der Waals surface area contributed by atoms with Crippen molar-refractivity contribution < 1.29 is 0 Å². The van der Waals surface area contributed by atoms with Crippen molar-refractivity contribution in [3.63, 3.8) is 0 Å². The number of hydrogen-bond donors (Lipinski definition) is 0. The van der Waals surface area contributed by atoms with E-state index in [1.807, 2.05) is 0 Å². The van der Waals surface area contributed by atoms with Crippen LogP contribution in [0.1, 0.15) is 50.7 Å². The molecule has 0 amide bonds. The Balaban J connectivity index is 1.54. The van der Waals surface area contributed by atoms with Gasteiger partial charge in [-0.05, 0) is 70.9 Å². The molecule has 5 rings (SSSR count). The highest BCUT2D eigenvalue weighted by Gasteiger charge is 2.38. The fourth-order valence-electron chi connectivity index (χ4n) is 5.53. The van der Waals surface area contributed by atoms with Gasteiger partial charge in [-0.15, -0.1) is 0 Å². The highest BCUT2D eigenvalue weighted by atomic mass is 14.4. The van der Waals surface area contributed by atoms with Crippen LogP contribution in [0.25, 0.3) is 5.57 Å². The number of fused-ring (bicyclic) bond motifs is 2. The van der Waals surface area contributed by atoms with Gasteiger partial charge >= 0.3 is 0 Å². The minimum Gasteiger partial charge on any atom is -0.0839 e. The zero-order valence-corrected chi connectivity index (χ0v) is 16.4. The van der Waals surface area contributed by atoms with E-state index in [4.69, 9.17) is 0 Å². The summed E-state index contributed by atoms with van der Waals surface area (Å²) >= 11 is 0. The van der Waals surface area contributed by atoms with Crippen LogP contribution in [0.3, 0.4) is 0 Å². The van der Waals surface area contributed by atoms with Crippen molar-refractivity contribution in [3.05, 3.63) is 101 Å². The third-order valence-electron chi connectivity index (χ3n) is 6.99. The van der Waals surface area contributed by atoms with Crippen LogP contribution in [0.5, 0.6) is 0 Å². The monoisotopic (exact) mass is 352 g/mol. The Kier molecular flexibility index (Phi) is 3.97. The summed E-state index contributed by atoms with van der Waals surface area (Å²) in [6.45, 7) is 4.80. The molecule has 0 heteroatoms. The Morgan fingerprint density at radius 2 is 1.78 bits per heavy atom. The van der Waals surface area contributed by atoms with E-state index in [2.05, 4.69) is 86.7 Å². The van der Waals surface area contributed by atoms with E-state index in [9.17, 15) is 0 Å². The molecular weight excluding hydrogens is 324 g/mol. The largest absolute Gasteiger partial charge is 0.0839 e. The third-order valence-corrected chi connectivity index (χ3v) is 6.99. The molecule has 0 aliphatic heterocycles. The molecule has 1 aromatic rings. The molecule has 0 heterocycles. The molecule has 0 fully saturated rings. The topological polar surface area (TPSA) is 0 Å². The summed E-state index contributed by atoms with van der Waals surface area (Å²) < 4.78 is 0. The maximum absolute atomic E-state index is 2.55. The average Bonchev–Trinajstić information content (AvgIpc) is 2.96. The van der Waals surface area contributed by atoms with Crippen LogP contribution in [0.2, 0.25) is 0 Å². The van der Waals surface area contributed by atoms with Gasteiger partial charge in [-0.2, -0.15) is 0 Å². The zero-order chi connectivity index (χ0) is 18.4. The minimum absolute atomic E-state index is 0.117. The highest BCUT2D eigenvalue weighted by molar-refractivity contribution is 5.84. The lowest BCUT2D eigenvalue weighted by Crippen LogP contribution is -2.21. The van der Waals surface area contributed by atoms with Crippen LogP contribution in [0, 0.1) is 11.8 Å². The van der Waals surface area contributed by atoms with Gasteiger partial charge in [0.25, 0.3) is 0 Å². The first kappa shape index (κ1) is 16.8. The normalized spacial score (nSPS) is 27.9. The van der Waals surface area contributed by atoms with Crippen molar-refractivity contribution >= 4 is 5.57 Å². The van der Waals surface area contributed by atoms with Gasteiger partial charge in [0, 0.05) is 5.41 Å². The SMILES string of the molecule is CC1(C)C2=C(CCC(C3=CC=CCC3C3C=CC=CC3)=C2)c2ccccc21. The molecular formula is C27H28. The fraction of sp³-hybridized carbons (Fsp3) is 0.333. The van der Waals surface area contributed by atoms with Crippen molar-refractivity contribution in [2.24, 2.45) is 11.8 Å². The van der Waals surface area contributed by atoms with E-state index < -0.39 is 0 Å². The Morgan fingerprint density at radius 3 is 2.63 bits per heavy atom. The molecule has 0 bridgehead atoms. The predicted molar refractivity (Wildman–Crippen MR) is 115 cm³/mol. The van der Waals surface area contributed by atoms with Gasteiger partial charge < -0.3 is 0 Å². The van der Waals surface area contributed by atoms with E-state index >= 15 is 0 Å². The highest BCUT2D eigenvalue weighted by Crippen LogP contribution is 2.52. The summed E-state index contributed by atoms with van der Waals surface area (Å²) in [7, 11) is 0. The molecule has 0 nitrogen and oxygen atoms in total. The first-order valence-corrected chi connectivity index (χ1v) is 10.4. The smallest absolute Gasteiger partial charge is 0.0155 e. The molecule has 1 aromatic carbocycles. The molecule has 0 radical (unpaired) electrons. The van der Waals surface area contributed by atoms with Crippen LogP contribution in [-0.4, -0.2) is 0 Å². The lowest BCUT2D eigenvalue weighted by molar-refractivity contribution is 0.455. The molecule has 0 saturated heterocycles. The van der Waals surface area contributed by atoms with Gasteiger partial charge in [-0.1, -0.05) is 86.7 Å². The second-order valence-corrected chi connectivity index (χ2v) is 8.84. The molecule has 2 unspecified atom stereocenters. The fourth-order valence-corrected chi connectivity index (χ4v) is 5.53. The Morgan fingerprint density at radius 1 is 0.926 bits per heavy atom. The van der Waals surface area contributed by atoms with Crippen molar-refractivity contribution in [1.82, 2.24) is 0 Å². The van der Waals surface area contributed by atoms with Gasteiger partial charge in [0.15, 0.2) is 0 Å². The second-order valence-electron chi connectivity index (χ2n) is 8.84. The molecule has 4 aliphatic rings. The van der Waals surface area contributed by atoms with Crippen molar-refractivity contribution in [1.29, 1.82) is 0 Å². The van der Waals surface area contributed by atoms with Gasteiger partial charge in [0.05, 0.1) is 0 Å². The standard InChI is InChI=1S/C27H28/c1-27(2)25-15-9-8-14-23(25)24-17-16-20(18-26(24)27)22-13-7-6-12-21(22)19-10-4-3-5-11-19/h3-10,13-15,18-19,21H,11-12,16-17H2,1-2H3. The number of hydrogen-bond acceptors (Lipinski definition) is 0. The molecule has 4 aliphatic carbocycles. The van der Waals surface area contributed by atoms with E-state index in [1.54, 1.807) is 22.3 Å². The van der Waals surface area contributed by atoms with Crippen molar-refractivity contribution in [2.45, 2.75) is 44.9 Å². The molecule has 0 saturated carbocycles. The van der Waals surface area contributed by atoms with Crippen LogP contribution < -0.4 is 0 Å². The molecule has 2 atom stereocenters. The summed E-state index contributed by atoms with van der Waals surface area (Å²) in [6.07, 6.45) is 23.4. The van der Waals surface area contributed by atoms with E-state index in [1.165, 1.54) is 36.8 Å². The lowest BCUT2D eigenvalue weighted by atomic mass is 9.72. The molecule has 0 spiro atoms. The molecule has 0 N–H and O–H groups in total. The zero-order valence-electron chi connectivity index (χ0n) is 16.4. The maximum atomic E-state index is 2.55. The Bertz CT molecular complexity index is 956. The van der Waals surface area contributed by atoms with Crippen LogP contribution >= 0.6 is 0 Å². The lowest BCUT2D eigenvalue weighted by Gasteiger charge is -2.32. The van der Waals surface area contributed by atoms with E-state index in [0.29, 0.717) is 11.8 Å². The van der Waals surface area contributed by atoms with Gasteiger partial charge in [-0.3, -0.25) is 0 Å². The van der Waals surface area contributed by atoms with Crippen LogP contribution in [-0.2, 0) is 5.41 Å². The average molecular weight is 353 g/mol. The predicted octanol–water partition coefficient (Wildman–Crippen LogP) is 7.09. The van der Waals surface area contributed by atoms with Gasteiger partial charge in [0.2, 0.25) is 0 Å². The number of benzene rings is 1. The Hall–Kier alpha value is -2.34. The van der Waals surface area contributed by atoms with E-state index in [-0.39, 0.29) is 5.41 Å². The van der Waals surface area contributed by atoms with Gasteiger partial charge in [0.1, 0.15) is 0 Å². The van der Waals surface area contributed by atoms with Gasteiger partial charge in [-0.25, -0.2) is 0 Å². The first-order chi connectivity index (χ1) is 13.2.